The zero-order valence-corrected chi connectivity index (χ0v) is 15.6. The summed E-state index contributed by atoms with van der Waals surface area (Å²) in [5.74, 6) is -0.502. The molecule has 0 radical (unpaired) electrons. The zero-order chi connectivity index (χ0) is 19.3. The van der Waals surface area contributed by atoms with E-state index in [2.05, 4.69) is 26.8 Å². The first-order chi connectivity index (χ1) is 13.0. The van der Waals surface area contributed by atoms with Crippen LogP contribution in [0.5, 0.6) is 0 Å². The van der Waals surface area contributed by atoms with Gasteiger partial charge in [-0.2, -0.15) is 5.10 Å². The normalized spacial score (nSPS) is 11.8. The fourth-order valence-corrected chi connectivity index (χ4v) is 4.15. The highest BCUT2D eigenvalue weighted by molar-refractivity contribution is 7.94. The predicted octanol–water partition coefficient (Wildman–Crippen LogP) is 2.23. The molecule has 1 aromatic carbocycles. The third-order valence-electron chi connectivity index (χ3n) is 3.47. The molecule has 0 saturated carbocycles. The molecule has 3 rings (SSSR count). The maximum atomic E-state index is 12.2. The van der Waals surface area contributed by atoms with Crippen molar-refractivity contribution in [2.24, 2.45) is 5.10 Å². The highest BCUT2D eigenvalue weighted by Gasteiger charge is 2.14. The molecule has 2 heterocycles. The van der Waals surface area contributed by atoms with Crippen LogP contribution in [0.15, 0.2) is 82.2 Å². The van der Waals surface area contributed by atoms with Gasteiger partial charge in [-0.15, -0.1) is 11.3 Å². The second-order valence-corrected chi connectivity index (χ2v) is 8.22. The quantitative estimate of drug-likeness (QED) is 0.360. The summed E-state index contributed by atoms with van der Waals surface area (Å²) in [5, 5.41) is 17.6. The lowest BCUT2D eigenvalue weighted by atomic mass is 10.2. The summed E-state index contributed by atoms with van der Waals surface area (Å²) in [6, 6.07) is 12.7. The van der Waals surface area contributed by atoms with Crippen molar-refractivity contribution in [1.82, 2.24) is 10.4 Å². The Balaban J connectivity index is 1.67. The maximum Gasteiger partial charge on any atom is 0.271 e. The first-order valence-corrected chi connectivity index (χ1v) is 10.1. The van der Waals surface area contributed by atoms with E-state index in [0.717, 1.165) is 16.9 Å². The molecule has 138 valence electrons. The summed E-state index contributed by atoms with van der Waals surface area (Å²) in [7, 11) is -3.62. The monoisotopic (exact) mass is 399 g/mol. The third-order valence-corrected chi connectivity index (χ3v) is 6.24. The van der Waals surface area contributed by atoms with Crippen LogP contribution in [-0.4, -0.2) is 19.3 Å². The SMILES string of the molecule is C=C(NN=C([O-])c1ccc(NS(=O)(=O)c2cccs2)cc1)c1ccncc1. The van der Waals surface area contributed by atoms with E-state index in [9.17, 15) is 13.5 Å². The van der Waals surface area contributed by atoms with E-state index in [4.69, 9.17) is 0 Å². The Hall–Kier alpha value is -3.17. The molecule has 0 saturated heterocycles. The molecule has 2 aromatic heterocycles. The van der Waals surface area contributed by atoms with Gasteiger partial charge in [0, 0.05) is 29.5 Å². The van der Waals surface area contributed by atoms with Crippen LogP contribution in [-0.2, 0) is 10.0 Å². The van der Waals surface area contributed by atoms with Crippen molar-refractivity contribution < 1.29 is 13.5 Å². The van der Waals surface area contributed by atoms with Crippen molar-refractivity contribution in [3.8, 4) is 0 Å². The third kappa shape index (κ3) is 4.72. The molecule has 0 atom stereocenters. The molecular formula is C18H15N4O3S2-. The van der Waals surface area contributed by atoms with Gasteiger partial charge in [-0.05, 0) is 41.3 Å². The number of aromatic nitrogens is 1. The summed E-state index contributed by atoms with van der Waals surface area (Å²) in [6.45, 7) is 3.81. The number of thiophene rings is 1. The van der Waals surface area contributed by atoms with Crippen molar-refractivity contribution in [3.63, 3.8) is 0 Å². The van der Waals surface area contributed by atoms with Crippen LogP contribution in [0, 0.1) is 0 Å². The van der Waals surface area contributed by atoms with Gasteiger partial charge in [-0.3, -0.25) is 15.1 Å². The highest BCUT2D eigenvalue weighted by Crippen LogP contribution is 2.20. The average molecular weight is 399 g/mol. The van der Waals surface area contributed by atoms with Gasteiger partial charge in [0.05, 0.1) is 5.70 Å². The van der Waals surface area contributed by atoms with Crippen molar-refractivity contribution in [1.29, 1.82) is 0 Å². The van der Waals surface area contributed by atoms with Crippen molar-refractivity contribution >= 4 is 38.6 Å². The molecule has 0 amide bonds. The van der Waals surface area contributed by atoms with E-state index in [-0.39, 0.29) is 4.21 Å². The Morgan fingerprint density at radius 2 is 1.78 bits per heavy atom. The summed E-state index contributed by atoms with van der Waals surface area (Å²) >= 11 is 1.12. The van der Waals surface area contributed by atoms with Gasteiger partial charge in [0.2, 0.25) is 0 Å². The molecule has 0 aliphatic rings. The minimum Gasteiger partial charge on any atom is -0.857 e. The average Bonchev–Trinajstić information content (AvgIpc) is 3.23. The zero-order valence-electron chi connectivity index (χ0n) is 14.0. The Labute approximate surface area is 160 Å². The summed E-state index contributed by atoms with van der Waals surface area (Å²) < 4.78 is 27.0. The maximum absolute atomic E-state index is 12.2. The van der Waals surface area contributed by atoms with Gasteiger partial charge in [-0.1, -0.05) is 24.8 Å². The Morgan fingerprint density at radius 1 is 1.07 bits per heavy atom. The van der Waals surface area contributed by atoms with Gasteiger partial charge in [0.25, 0.3) is 10.0 Å². The fourth-order valence-electron chi connectivity index (χ4n) is 2.10. The number of hydrogen-bond donors (Lipinski definition) is 2. The predicted molar refractivity (Wildman–Crippen MR) is 105 cm³/mol. The number of hydrazone groups is 1. The van der Waals surface area contributed by atoms with Crippen LogP contribution in [0.3, 0.4) is 0 Å². The minimum absolute atomic E-state index is 0.219. The van der Waals surface area contributed by atoms with E-state index in [1.54, 1.807) is 36.0 Å². The summed E-state index contributed by atoms with van der Waals surface area (Å²) in [6.07, 6.45) is 3.22. The molecule has 0 fully saturated rings. The molecular weight excluding hydrogens is 384 g/mol. The van der Waals surface area contributed by atoms with Crippen molar-refractivity contribution in [2.75, 3.05) is 4.72 Å². The second-order valence-electron chi connectivity index (χ2n) is 5.36. The van der Waals surface area contributed by atoms with Crippen LogP contribution in [0.1, 0.15) is 11.1 Å². The van der Waals surface area contributed by atoms with Crippen LogP contribution >= 0.6 is 11.3 Å². The van der Waals surface area contributed by atoms with Gasteiger partial charge in [-0.25, -0.2) is 8.42 Å². The first-order valence-electron chi connectivity index (χ1n) is 7.72. The number of anilines is 1. The Morgan fingerprint density at radius 3 is 2.41 bits per heavy atom. The van der Waals surface area contributed by atoms with Gasteiger partial charge >= 0.3 is 0 Å². The molecule has 0 aliphatic carbocycles. The number of sulfonamides is 1. The highest BCUT2D eigenvalue weighted by atomic mass is 32.2. The molecule has 9 heteroatoms. The number of nitrogens with zero attached hydrogens (tertiary/aromatic N) is 2. The van der Waals surface area contributed by atoms with Crippen LogP contribution in [0.4, 0.5) is 5.69 Å². The molecule has 0 unspecified atom stereocenters. The second kappa shape index (κ2) is 8.02. The van der Waals surface area contributed by atoms with Crippen LogP contribution in [0.25, 0.3) is 5.70 Å². The van der Waals surface area contributed by atoms with Crippen LogP contribution < -0.4 is 15.3 Å². The topological polar surface area (TPSA) is 107 Å². The lowest BCUT2D eigenvalue weighted by Gasteiger charge is -2.13. The molecule has 2 N–H and O–H groups in total. The summed E-state index contributed by atoms with van der Waals surface area (Å²) in [5.41, 5.74) is 4.50. The molecule has 0 aliphatic heterocycles. The number of rotatable bonds is 7. The number of nitrogens with one attached hydrogen (secondary N) is 2. The molecule has 27 heavy (non-hydrogen) atoms. The lowest BCUT2D eigenvalue weighted by molar-refractivity contribution is -0.213. The first kappa shape index (κ1) is 18.6. The van der Waals surface area contributed by atoms with Crippen molar-refractivity contribution in [2.45, 2.75) is 4.21 Å². The van der Waals surface area contributed by atoms with Crippen molar-refractivity contribution in [3.05, 3.63) is 84.0 Å². The smallest absolute Gasteiger partial charge is 0.271 e. The van der Waals surface area contributed by atoms with E-state index in [0.29, 0.717) is 16.9 Å². The standard InChI is InChI=1S/C18H16N4O3S2/c1-13(14-8-10-19-11-9-14)20-21-18(23)15-4-6-16(7-5-15)22-27(24,25)17-3-2-12-26-17/h2-12,20,22H,1H2,(H,21,23)/p-1. The molecule has 0 spiro atoms. The van der Waals surface area contributed by atoms with E-state index in [1.165, 1.54) is 30.3 Å². The Kier molecular flexibility index (Phi) is 5.53. The fraction of sp³-hybridized carbons (Fsp3) is 0. The molecule has 0 bridgehead atoms. The number of benzene rings is 1. The van der Waals surface area contributed by atoms with E-state index < -0.39 is 15.9 Å². The minimum atomic E-state index is -3.62. The van der Waals surface area contributed by atoms with E-state index >= 15 is 0 Å². The Bertz CT molecular complexity index is 1050. The van der Waals surface area contributed by atoms with E-state index in [1.807, 2.05) is 0 Å². The van der Waals surface area contributed by atoms with Crippen LogP contribution in [0.2, 0.25) is 0 Å². The van der Waals surface area contributed by atoms with Gasteiger partial charge in [0.15, 0.2) is 0 Å². The number of pyridine rings is 1. The van der Waals surface area contributed by atoms with Gasteiger partial charge in [0.1, 0.15) is 4.21 Å². The molecule has 7 nitrogen and oxygen atoms in total. The number of hydrogen-bond acceptors (Lipinski definition) is 7. The van der Waals surface area contributed by atoms with Gasteiger partial charge < -0.3 is 5.11 Å². The summed E-state index contributed by atoms with van der Waals surface area (Å²) in [4.78, 5) is 3.91. The largest absolute Gasteiger partial charge is 0.857 e. The lowest BCUT2D eigenvalue weighted by Crippen LogP contribution is -2.22. The molecule has 3 aromatic rings.